The molecule has 5 radical (unpaired) electrons. The van der Waals surface area contributed by atoms with Crippen LogP contribution in [0.2, 0.25) is 0 Å². The molecule has 155 valence electrons. The van der Waals surface area contributed by atoms with Crippen LogP contribution in [0.1, 0.15) is 27.8 Å². The highest BCUT2D eigenvalue weighted by atomic mass is 16.3. The van der Waals surface area contributed by atoms with E-state index in [9.17, 15) is 10.2 Å². The topological polar surface area (TPSA) is 40.5 Å². The zero-order valence-electron chi connectivity index (χ0n) is 17.6. The van der Waals surface area contributed by atoms with E-state index in [-0.39, 0.29) is 12.7 Å². The van der Waals surface area contributed by atoms with Crippen molar-refractivity contribution in [3.63, 3.8) is 0 Å². The lowest BCUT2D eigenvalue weighted by Crippen LogP contribution is -2.16. The van der Waals surface area contributed by atoms with Crippen molar-refractivity contribution < 1.29 is 10.2 Å². The van der Waals surface area contributed by atoms with Gasteiger partial charge in [-0.3, -0.25) is 0 Å². The number of aliphatic hydroxyl groups is 2. The van der Waals surface area contributed by atoms with Crippen LogP contribution in [0, 0.1) is 29.8 Å². The summed E-state index contributed by atoms with van der Waals surface area (Å²) in [4.78, 5) is 0. The molecule has 32 heavy (non-hydrogen) atoms. The molecular weight excluding hydrogens is 392 g/mol. The van der Waals surface area contributed by atoms with E-state index in [1.807, 2.05) is 103 Å². The lowest BCUT2D eigenvalue weighted by atomic mass is 9.75. The fourth-order valence-electron chi connectivity index (χ4n) is 4.34. The van der Waals surface area contributed by atoms with Crippen molar-refractivity contribution in [1.29, 1.82) is 0 Å². The summed E-state index contributed by atoms with van der Waals surface area (Å²) in [5, 5.41) is 21.2. The number of rotatable bonds is 5. The molecule has 4 aromatic carbocycles. The van der Waals surface area contributed by atoms with Crippen molar-refractivity contribution in [3.8, 4) is 0 Å². The molecule has 0 aromatic heterocycles. The van der Waals surface area contributed by atoms with Crippen LogP contribution in [-0.2, 0) is 6.61 Å². The van der Waals surface area contributed by atoms with Crippen molar-refractivity contribution in [1.82, 2.24) is 0 Å². The highest BCUT2D eigenvalue weighted by Crippen LogP contribution is 2.61. The highest BCUT2D eigenvalue weighted by Gasteiger charge is 2.54. The van der Waals surface area contributed by atoms with Crippen LogP contribution in [0.5, 0.6) is 0 Å². The van der Waals surface area contributed by atoms with E-state index in [0.29, 0.717) is 0 Å². The van der Waals surface area contributed by atoms with Crippen molar-refractivity contribution >= 4 is 0 Å². The summed E-state index contributed by atoms with van der Waals surface area (Å²) < 4.78 is 0. The normalized spacial score (nSPS) is 16.6. The molecule has 0 amide bonds. The Balaban J connectivity index is 1.72. The molecular formula is C30H23O2. The van der Waals surface area contributed by atoms with Gasteiger partial charge in [0.1, 0.15) is 6.10 Å². The maximum atomic E-state index is 11.7. The van der Waals surface area contributed by atoms with Gasteiger partial charge in [0, 0.05) is 11.8 Å². The van der Waals surface area contributed by atoms with Crippen LogP contribution in [0.25, 0.3) is 0 Å². The average molecular weight is 416 g/mol. The second-order valence-corrected chi connectivity index (χ2v) is 7.80. The first kappa shape index (κ1) is 20.7. The number of benzene rings is 4. The summed E-state index contributed by atoms with van der Waals surface area (Å²) in [6.07, 6.45) is 0.280. The molecule has 2 heteroatoms. The van der Waals surface area contributed by atoms with E-state index in [1.165, 1.54) is 0 Å². The molecule has 0 aliphatic heterocycles. The molecule has 2 nitrogen and oxygen atoms in total. The Labute approximate surface area is 189 Å². The second-order valence-electron chi connectivity index (χ2n) is 7.80. The van der Waals surface area contributed by atoms with Gasteiger partial charge in [-0.15, -0.1) is 0 Å². The minimum absolute atomic E-state index is 0.00110. The van der Waals surface area contributed by atoms with E-state index >= 15 is 0 Å². The van der Waals surface area contributed by atoms with Gasteiger partial charge in [-0.2, -0.15) is 0 Å². The van der Waals surface area contributed by atoms with Gasteiger partial charge >= 0.3 is 0 Å². The Morgan fingerprint density at radius 3 is 1.12 bits per heavy atom. The summed E-state index contributed by atoms with van der Waals surface area (Å²) in [6.45, 7) is -0.00110. The van der Waals surface area contributed by atoms with Gasteiger partial charge in [-0.1, -0.05) is 115 Å². The Morgan fingerprint density at radius 2 is 0.750 bits per heavy atom. The van der Waals surface area contributed by atoms with E-state index in [0.717, 1.165) is 51.5 Å². The fraction of sp³-hybridized carbons (Fsp3) is 0.0333. The van der Waals surface area contributed by atoms with Crippen molar-refractivity contribution in [2.24, 2.45) is 0 Å². The van der Waals surface area contributed by atoms with Gasteiger partial charge in [-0.25, -0.2) is 0 Å². The Bertz CT molecular complexity index is 1120. The van der Waals surface area contributed by atoms with Crippen molar-refractivity contribution in [3.05, 3.63) is 173 Å². The number of hydrogen-bond donors (Lipinski definition) is 2. The van der Waals surface area contributed by atoms with Gasteiger partial charge in [0.05, 0.1) is 18.4 Å². The summed E-state index contributed by atoms with van der Waals surface area (Å²) in [7, 11) is 0. The molecule has 0 saturated heterocycles. The predicted octanol–water partition coefficient (Wildman–Crippen LogP) is 5.89. The van der Waals surface area contributed by atoms with E-state index in [2.05, 4.69) is 12.1 Å². The Morgan fingerprint density at radius 1 is 0.406 bits per heavy atom. The molecule has 0 atom stereocenters. The van der Waals surface area contributed by atoms with Gasteiger partial charge in [0.15, 0.2) is 0 Å². The summed E-state index contributed by atoms with van der Waals surface area (Å²) in [5.74, 6) is 3.64. The molecule has 0 bridgehead atoms. The van der Waals surface area contributed by atoms with E-state index < -0.39 is 0 Å². The molecule has 1 aliphatic carbocycles. The third-order valence-corrected chi connectivity index (χ3v) is 5.84. The molecule has 0 spiro atoms. The zero-order chi connectivity index (χ0) is 21.9. The Hall–Kier alpha value is -3.20. The monoisotopic (exact) mass is 415 g/mol. The highest BCUT2D eigenvalue weighted by molar-refractivity contribution is 5.80. The van der Waals surface area contributed by atoms with Crippen LogP contribution in [0.15, 0.2) is 115 Å². The first-order valence-electron chi connectivity index (χ1n) is 10.7. The van der Waals surface area contributed by atoms with Crippen LogP contribution in [0.3, 0.4) is 0 Å². The van der Waals surface area contributed by atoms with Gasteiger partial charge < -0.3 is 10.2 Å². The largest absolute Gasteiger partial charge is 0.392 e. The molecule has 1 saturated carbocycles. The second kappa shape index (κ2) is 9.12. The first-order valence-corrected chi connectivity index (χ1v) is 10.7. The molecule has 2 N–H and O–H groups in total. The molecule has 1 fully saturated rings. The maximum absolute atomic E-state index is 11.7. The number of aliphatic hydroxyl groups excluding tert-OH is 2. The third kappa shape index (κ3) is 3.77. The minimum Gasteiger partial charge on any atom is -0.392 e. The lowest BCUT2D eigenvalue weighted by Gasteiger charge is -2.26. The Kier molecular flexibility index (Phi) is 5.89. The predicted molar refractivity (Wildman–Crippen MR) is 126 cm³/mol. The standard InChI is InChI=1S/C30H23O2/c31-20-21-16-18-25(19-17-21)27-26(22-10-4-1-5-11-22)28(23-12-6-2-7-13-23)30(32)29(27)24-14-8-3-9-15-24/h1-19,31-32H,20H2. The van der Waals surface area contributed by atoms with Crippen LogP contribution < -0.4 is 0 Å². The average Bonchev–Trinajstić information content (AvgIpc) is 3.18. The smallest absolute Gasteiger partial charge is 0.118 e. The van der Waals surface area contributed by atoms with Gasteiger partial charge in [0.2, 0.25) is 0 Å². The zero-order valence-corrected chi connectivity index (χ0v) is 17.6. The number of hydrogen-bond acceptors (Lipinski definition) is 2. The van der Waals surface area contributed by atoms with Crippen LogP contribution >= 0.6 is 0 Å². The quantitative estimate of drug-likeness (QED) is 0.427. The SMILES string of the molecule is OCc1ccc([C]2[C](c3ccccc3)[C](O)[C](c3ccccc3)[C]2c2ccccc2)cc1. The van der Waals surface area contributed by atoms with E-state index in [4.69, 9.17) is 0 Å². The molecule has 0 heterocycles. The van der Waals surface area contributed by atoms with Crippen molar-refractivity contribution in [2.45, 2.75) is 6.61 Å². The van der Waals surface area contributed by atoms with Crippen LogP contribution in [-0.4, -0.2) is 10.2 Å². The lowest BCUT2D eigenvalue weighted by molar-refractivity contribution is 0.282. The van der Waals surface area contributed by atoms with Gasteiger partial charge in [0.25, 0.3) is 0 Å². The summed E-state index contributed by atoms with van der Waals surface area (Å²) >= 11 is 0. The molecule has 0 unspecified atom stereocenters. The fourth-order valence-corrected chi connectivity index (χ4v) is 4.34. The van der Waals surface area contributed by atoms with Crippen molar-refractivity contribution in [2.75, 3.05) is 0 Å². The van der Waals surface area contributed by atoms with E-state index in [1.54, 1.807) is 0 Å². The van der Waals surface area contributed by atoms with Crippen LogP contribution in [0.4, 0.5) is 0 Å². The van der Waals surface area contributed by atoms with Gasteiger partial charge in [-0.05, 0) is 27.8 Å². The molecule has 5 rings (SSSR count). The molecule has 1 aliphatic rings. The maximum Gasteiger partial charge on any atom is 0.118 e. The summed E-state index contributed by atoms with van der Waals surface area (Å²) in [5.41, 5.74) is 4.84. The summed E-state index contributed by atoms with van der Waals surface area (Å²) in [6, 6.07) is 38.2. The first-order chi connectivity index (χ1) is 15.8. The minimum atomic E-state index is -0.00110. The third-order valence-electron chi connectivity index (χ3n) is 5.84. The molecule has 4 aromatic rings.